The molecule has 1 atom stereocenters. The highest BCUT2D eigenvalue weighted by Crippen LogP contribution is 2.37. The molecule has 1 unspecified atom stereocenters. The normalized spacial score (nSPS) is 23.6. The fraction of sp³-hybridized carbons (Fsp3) is 0.643. The van der Waals surface area contributed by atoms with E-state index < -0.39 is 0 Å². The van der Waals surface area contributed by atoms with Gasteiger partial charge >= 0.3 is 0 Å². The number of hydrogen-bond acceptors (Lipinski definition) is 3. The van der Waals surface area contributed by atoms with Crippen molar-refractivity contribution >= 4 is 11.6 Å². The number of carbonyl (C=O) groups is 1. The summed E-state index contributed by atoms with van der Waals surface area (Å²) in [4.78, 5) is 14.5. The lowest BCUT2D eigenvalue weighted by molar-refractivity contribution is 0.0610. The summed E-state index contributed by atoms with van der Waals surface area (Å²) >= 11 is 0. The van der Waals surface area contributed by atoms with Crippen molar-refractivity contribution in [1.29, 1.82) is 0 Å². The zero-order valence-electron chi connectivity index (χ0n) is 11.1. The van der Waals surface area contributed by atoms with Gasteiger partial charge in [0.15, 0.2) is 0 Å². The molecule has 0 bridgehead atoms. The molecule has 5 nitrogen and oxygen atoms in total. The van der Waals surface area contributed by atoms with Crippen molar-refractivity contribution in [2.75, 3.05) is 25.4 Å². The second-order valence-electron chi connectivity index (χ2n) is 5.74. The predicted octanol–water partition coefficient (Wildman–Crippen LogP) is 1.25. The van der Waals surface area contributed by atoms with Crippen molar-refractivity contribution in [2.45, 2.75) is 31.7 Å². The lowest BCUT2D eigenvalue weighted by Gasteiger charge is -2.32. The van der Waals surface area contributed by atoms with E-state index in [1.165, 1.54) is 0 Å². The molecule has 104 valence electrons. The number of nitrogens with zero attached hydrogens (tertiary/aromatic N) is 2. The zero-order valence-corrected chi connectivity index (χ0v) is 11.1. The average Bonchev–Trinajstić information content (AvgIpc) is 3.21. The highest BCUT2D eigenvalue weighted by Gasteiger charge is 2.31. The van der Waals surface area contributed by atoms with Crippen molar-refractivity contribution in [2.24, 2.45) is 5.92 Å². The van der Waals surface area contributed by atoms with Crippen LogP contribution in [0.4, 0.5) is 5.69 Å². The van der Waals surface area contributed by atoms with E-state index in [1.807, 2.05) is 15.7 Å². The minimum absolute atomic E-state index is 0.0572. The molecule has 0 aromatic carbocycles. The average molecular weight is 263 g/mol. The van der Waals surface area contributed by atoms with Crippen molar-refractivity contribution in [3.63, 3.8) is 0 Å². The summed E-state index contributed by atoms with van der Waals surface area (Å²) in [5, 5.41) is 9.25. The Morgan fingerprint density at radius 3 is 2.89 bits per heavy atom. The Morgan fingerprint density at radius 1 is 1.42 bits per heavy atom. The monoisotopic (exact) mass is 263 g/mol. The Bertz CT molecular complexity index is 479. The molecule has 2 aliphatic rings. The maximum atomic E-state index is 12.6. The summed E-state index contributed by atoms with van der Waals surface area (Å²) in [6.45, 7) is 1.60. The van der Waals surface area contributed by atoms with Crippen LogP contribution < -0.4 is 5.73 Å². The number of nitrogen functional groups attached to an aromatic ring is 1. The molecule has 0 spiro atoms. The number of amides is 1. The fourth-order valence-corrected chi connectivity index (χ4v) is 2.89. The van der Waals surface area contributed by atoms with Crippen LogP contribution in [0.1, 0.15) is 42.2 Å². The maximum absolute atomic E-state index is 12.6. The zero-order chi connectivity index (χ0) is 13.4. The van der Waals surface area contributed by atoms with E-state index in [9.17, 15) is 9.90 Å². The number of carbonyl (C=O) groups excluding carboxylic acids is 1. The Morgan fingerprint density at radius 2 is 2.21 bits per heavy atom. The van der Waals surface area contributed by atoms with Crippen LogP contribution in [0, 0.1) is 5.92 Å². The first-order valence-electron chi connectivity index (χ1n) is 7.06. The molecule has 1 aliphatic carbocycles. The van der Waals surface area contributed by atoms with Gasteiger partial charge in [0, 0.05) is 31.9 Å². The van der Waals surface area contributed by atoms with Crippen LogP contribution in [0.15, 0.2) is 12.3 Å². The van der Waals surface area contributed by atoms with Gasteiger partial charge in [0.05, 0.1) is 5.69 Å². The number of piperidine rings is 1. The first kappa shape index (κ1) is 12.5. The van der Waals surface area contributed by atoms with Crippen molar-refractivity contribution in [3.05, 3.63) is 18.0 Å². The number of hydrogen-bond donors (Lipinski definition) is 2. The third kappa shape index (κ3) is 2.47. The van der Waals surface area contributed by atoms with Gasteiger partial charge in [0.1, 0.15) is 5.69 Å². The number of anilines is 1. The van der Waals surface area contributed by atoms with E-state index in [-0.39, 0.29) is 18.4 Å². The SMILES string of the molecule is Nc1cc(C(=O)N2CCCC(CO)C2)n(C2CC2)c1. The molecule has 0 radical (unpaired) electrons. The molecule has 19 heavy (non-hydrogen) atoms. The highest BCUT2D eigenvalue weighted by molar-refractivity contribution is 5.94. The highest BCUT2D eigenvalue weighted by atomic mass is 16.3. The fourth-order valence-electron chi connectivity index (χ4n) is 2.89. The Hall–Kier alpha value is -1.49. The van der Waals surface area contributed by atoms with Gasteiger partial charge in [-0.1, -0.05) is 0 Å². The van der Waals surface area contributed by atoms with Crippen molar-refractivity contribution < 1.29 is 9.90 Å². The molecular formula is C14H21N3O2. The van der Waals surface area contributed by atoms with Crippen LogP contribution in [0.3, 0.4) is 0 Å². The van der Waals surface area contributed by atoms with Crippen LogP contribution >= 0.6 is 0 Å². The van der Waals surface area contributed by atoms with Crippen molar-refractivity contribution in [3.8, 4) is 0 Å². The van der Waals surface area contributed by atoms with Gasteiger partial charge in [-0.2, -0.15) is 0 Å². The van der Waals surface area contributed by atoms with Gasteiger partial charge < -0.3 is 20.3 Å². The quantitative estimate of drug-likeness (QED) is 0.862. The van der Waals surface area contributed by atoms with Gasteiger partial charge in [-0.15, -0.1) is 0 Å². The van der Waals surface area contributed by atoms with Crippen LogP contribution in [0.2, 0.25) is 0 Å². The van der Waals surface area contributed by atoms with Gasteiger partial charge in [-0.25, -0.2) is 0 Å². The Labute approximate surface area is 113 Å². The lowest BCUT2D eigenvalue weighted by Crippen LogP contribution is -2.41. The molecule has 1 aliphatic heterocycles. The van der Waals surface area contributed by atoms with Crippen LogP contribution in [-0.2, 0) is 0 Å². The summed E-state index contributed by atoms with van der Waals surface area (Å²) < 4.78 is 2.03. The smallest absolute Gasteiger partial charge is 0.270 e. The van der Waals surface area contributed by atoms with E-state index >= 15 is 0 Å². The third-order valence-electron chi connectivity index (χ3n) is 4.09. The van der Waals surface area contributed by atoms with E-state index in [0.29, 0.717) is 24.0 Å². The number of likely N-dealkylation sites (tertiary alicyclic amines) is 1. The van der Waals surface area contributed by atoms with Gasteiger partial charge in [0.25, 0.3) is 5.91 Å². The summed E-state index contributed by atoms with van der Waals surface area (Å²) in [5.41, 5.74) is 7.20. The number of aliphatic hydroxyl groups is 1. The molecule has 3 N–H and O–H groups in total. The number of aromatic nitrogens is 1. The Kier molecular flexibility index (Phi) is 3.22. The molecule has 1 aromatic rings. The second kappa shape index (κ2) is 4.89. The predicted molar refractivity (Wildman–Crippen MR) is 72.8 cm³/mol. The third-order valence-corrected chi connectivity index (χ3v) is 4.09. The van der Waals surface area contributed by atoms with Crippen LogP contribution in [0.5, 0.6) is 0 Å². The van der Waals surface area contributed by atoms with E-state index in [2.05, 4.69) is 0 Å². The minimum atomic E-state index is 0.0572. The van der Waals surface area contributed by atoms with Gasteiger partial charge in [0.2, 0.25) is 0 Å². The minimum Gasteiger partial charge on any atom is -0.397 e. The summed E-state index contributed by atoms with van der Waals surface area (Å²) in [6.07, 6.45) is 6.11. The molecule has 3 rings (SSSR count). The molecule has 2 fully saturated rings. The summed E-state index contributed by atoms with van der Waals surface area (Å²) in [5.74, 6) is 0.279. The standard InChI is InChI=1S/C14H21N3O2/c15-11-6-13(17(8-11)12-3-4-12)14(19)16-5-1-2-10(7-16)9-18/h6,8,10,12,18H,1-5,7,9,15H2. The number of rotatable bonds is 3. The first-order valence-corrected chi connectivity index (χ1v) is 7.06. The van der Waals surface area contributed by atoms with Crippen LogP contribution in [0.25, 0.3) is 0 Å². The summed E-state index contributed by atoms with van der Waals surface area (Å²) in [6, 6.07) is 2.23. The van der Waals surface area contributed by atoms with E-state index in [4.69, 9.17) is 5.73 Å². The lowest BCUT2D eigenvalue weighted by atomic mass is 9.99. The number of nitrogens with two attached hydrogens (primary N) is 1. The van der Waals surface area contributed by atoms with E-state index in [0.717, 1.165) is 32.2 Å². The maximum Gasteiger partial charge on any atom is 0.270 e. The summed E-state index contributed by atoms with van der Waals surface area (Å²) in [7, 11) is 0. The molecule has 2 heterocycles. The van der Waals surface area contributed by atoms with Gasteiger partial charge in [-0.05, 0) is 37.7 Å². The molecule has 1 aromatic heterocycles. The molecule has 1 saturated heterocycles. The van der Waals surface area contributed by atoms with Crippen LogP contribution in [-0.4, -0.2) is 40.2 Å². The molecule has 1 saturated carbocycles. The van der Waals surface area contributed by atoms with Gasteiger partial charge in [-0.3, -0.25) is 4.79 Å². The Balaban J connectivity index is 1.79. The topological polar surface area (TPSA) is 71.5 Å². The molecule has 5 heteroatoms. The second-order valence-corrected chi connectivity index (χ2v) is 5.74. The van der Waals surface area contributed by atoms with E-state index in [1.54, 1.807) is 6.07 Å². The van der Waals surface area contributed by atoms with Crippen molar-refractivity contribution in [1.82, 2.24) is 9.47 Å². The molecule has 1 amide bonds. The largest absolute Gasteiger partial charge is 0.397 e. The number of aliphatic hydroxyl groups excluding tert-OH is 1. The molecular weight excluding hydrogens is 242 g/mol. The first-order chi connectivity index (χ1) is 9.19.